The van der Waals surface area contributed by atoms with E-state index < -0.39 is 0 Å². The summed E-state index contributed by atoms with van der Waals surface area (Å²) in [7, 11) is 0. The fourth-order valence-corrected chi connectivity index (χ4v) is 4.05. The van der Waals surface area contributed by atoms with Crippen LogP contribution in [0.4, 0.5) is 5.82 Å². The smallest absolute Gasteiger partial charge is 0.236 e. The van der Waals surface area contributed by atoms with Crippen molar-refractivity contribution in [2.75, 3.05) is 11.1 Å². The molecule has 6 nitrogen and oxygen atoms in total. The van der Waals surface area contributed by atoms with Gasteiger partial charge in [-0.15, -0.1) is 0 Å². The largest absolute Gasteiger partial charge is 0.310 e. The molecule has 29 heavy (non-hydrogen) atoms. The molecule has 0 aliphatic rings. The highest BCUT2D eigenvalue weighted by Gasteiger charge is 2.21. The lowest BCUT2D eigenvalue weighted by atomic mass is 10.2. The van der Waals surface area contributed by atoms with Crippen molar-refractivity contribution in [1.29, 1.82) is 5.26 Å². The monoisotopic (exact) mass is 401 g/mol. The van der Waals surface area contributed by atoms with E-state index in [1.54, 1.807) is 6.20 Å². The average Bonchev–Trinajstić information content (AvgIpc) is 3.26. The van der Waals surface area contributed by atoms with Gasteiger partial charge in [0.05, 0.1) is 23.0 Å². The number of nitrogens with zero attached hydrogens (tertiary/aromatic N) is 4. The van der Waals surface area contributed by atoms with Crippen LogP contribution in [0, 0.1) is 25.2 Å². The van der Waals surface area contributed by atoms with E-state index in [9.17, 15) is 10.1 Å². The normalized spacial score (nSPS) is 10.8. The number of aromatic nitrogens is 3. The number of carbonyl (C=O) groups excluding carboxylic acids is 1. The molecule has 0 saturated heterocycles. The molecule has 7 heteroatoms. The summed E-state index contributed by atoms with van der Waals surface area (Å²) >= 11 is 1.36. The minimum Gasteiger partial charge on any atom is -0.310 e. The number of nitrogens with one attached hydrogen (secondary N) is 1. The zero-order valence-electron chi connectivity index (χ0n) is 16.1. The first-order chi connectivity index (χ1) is 14.1. The van der Waals surface area contributed by atoms with E-state index >= 15 is 0 Å². The summed E-state index contributed by atoms with van der Waals surface area (Å²) < 4.78 is 3.86. The van der Waals surface area contributed by atoms with Crippen molar-refractivity contribution >= 4 is 29.0 Å². The maximum atomic E-state index is 12.7. The fraction of sp³-hybridized carbons (Fsp3) is 0.136. The van der Waals surface area contributed by atoms with Crippen LogP contribution in [0.2, 0.25) is 0 Å². The van der Waals surface area contributed by atoms with Crippen LogP contribution in [0.25, 0.3) is 11.2 Å². The zero-order chi connectivity index (χ0) is 20.4. The predicted octanol–water partition coefficient (Wildman–Crippen LogP) is 4.34. The van der Waals surface area contributed by atoms with Crippen molar-refractivity contribution < 1.29 is 4.79 Å². The number of carbonyl (C=O) groups is 1. The van der Waals surface area contributed by atoms with E-state index in [0.29, 0.717) is 11.4 Å². The Kier molecular flexibility index (Phi) is 5.10. The third kappa shape index (κ3) is 3.50. The molecule has 0 aliphatic carbocycles. The van der Waals surface area contributed by atoms with Crippen LogP contribution < -0.4 is 5.32 Å². The second kappa shape index (κ2) is 7.86. The van der Waals surface area contributed by atoms with Gasteiger partial charge in [-0.1, -0.05) is 36.0 Å². The van der Waals surface area contributed by atoms with Crippen molar-refractivity contribution in [3.63, 3.8) is 0 Å². The first-order valence-electron chi connectivity index (χ1n) is 9.12. The molecule has 4 aromatic rings. The number of rotatable bonds is 5. The molecule has 0 aliphatic heterocycles. The van der Waals surface area contributed by atoms with Crippen molar-refractivity contribution in [3.05, 3.63) is 77.7 Å². The van der Waals surface area contributed by atoms with Gasteiger partial charge in [-0.3, -0.25) is 13.8 Å². The van der Waals surface area contributed by atoms with Gasteiger partial charge < -0.3 is 5.32 Å². The Hall–Kier alpha value is -3.50. The van der Waals surface area contributed by atoms with E-state index in [4.69, 9.17) is 0 Å². The van der Waals surface area contributed by atoms with Crippen LogP contribution >= 0.6 is 11.8 Å². The van der Waals surface area contributed by atoms with E-state index in [1.807, 2.05) is 77.5 Å². The number of benzene rings is 1. The molecule has 0 fully saturated rings. The maximum absolute atomic E-state index is 12.7. The van der Waals surface area contributed by atoms with Crippen LogP contribution in [0.5, 0.6) is 0 Å². The van der Waals surface area contributed by atoms with Gasteiger partial charge in [0.1, 0.15) is 11.9 Å². The van der Waals surface area contributed by atoms with E-state index in [0.717, 1.165) is 27.6 Å². The Balaban J connectivity index is 1.59. The number of pyridine rings is 1. The van der Waals surface area contributed by atoms with Gasteiger partial charge in [0.15, 0.2) is 5.16 Å². The number of nitriles is 1. The molecule has 0 atom stereocenters. The van der Waals surface area contributed by atoms with Gasteiger partial charge in [0.2, 0.25) is 5.91 Å². The first kappa shape index (κ1) is 18.8. The highest BCUT2D eigenvalue weighted by molar-refractivity contribution is 7.99. The summed E-state index contributed by atoms with van der Waals surface area (Å²) in [5.74, 6) is 0.512. The summed E-state index contributed by atoms with van der Waals surface area (Å²) in [4.78, 5) is 17.1. The standard InChI is InChI=1S/C22H19N5OS/c1-15-16(2)27(17-8-4-3-5-9-17)21(19(15)12-23)25-20(28)14-29-22-24-13-18-10-6-7-11-26(18)22/h3-11,13H,14H2,1-2H3,(H,25,28). The van der Waals surface area contributed by atoms with Crippen LogP contribution in [0.3, 0.4) is 0 Å². The van der Waals surface area contributed by atoms with Gasteiger partial charge in [-0.05, 0) is 43.7 Å². The number of para-hydroxylation sites is 1. The summed E-state index contributed by atoms with van der Waals surface area (Å²) in [5.41, 5.74) is 4.15. The van der Waals surface area contributed by atoms with Gasteiger partial charge in [0, 0.05) is 17.6 Å². The second-order valence-corrected chi connectivity index (χ2v) is 7.53. The molecule has 0 bridgehead atoms. The topological polar surface area (TPSA) is 75.1 Å². The minimum atomic E-state index is -0.186. The lowest BCUT2D eigenvalue weighted by molar-refractivity contribution is -0.113. The van der Waals surface area contributed by atoms with E-state index in [1.165, 1.54) is 11.8 Å². The highest BCUT2D eigenvalue weighted by atomic mass is 32.2. The number of imidazole rings is 1. The lowest BCUT2D eigenvalue weighted by Gasteiger charge is -2.13. The van der Waals surface area contributed by atoms with Crippen LogP contribution in [0.15, 0.2) is 66.1 Å². The average molecular weight is 401 g/mol. The molecule has 4 rings (SSSR count). The number of amides is 1. The molecular weight excluding hydrogens is 382 g/mol. The minimum absolute atomic E-state index is 0.186. The number of fused-ring (bicyclic) bond motifs is 1. The Morgan fingerprint density at radius 2 is 1.93 bits per heavy atom. The third-order valence-corrected chi connectivity index (χ3v) is 5.80. The molecular formula is C22H19N5OS. The summed E-state index contributed by atoms with van der Waals surface area (Å²) in [6.07, 6.45) is 3.70. The molecule has 3 heterocycles. The molecule has 3 aromatic heterocycles. The highest BCUT2D eigenvalue weighted by Crippen LogP contribution is 2.30. The number of anilines is 1. The Morgan fingerprint density at radius 3 is 2.69 bits per heavy atom. The predicted molar refractivity (Wildman–Crippen MR) is 115 cm³/mol. The Labute approximate surface area is 172 Å². The van der Waals surface area contributed by atoms with Gasteiger partial charge in [-0.2, -0.15) is 5.26 Å². The van der Waals surface area contributed by atoms with Crippen molar-refractivity contribution in [2.45, 2.75) is 19.0 Å². The first-order valence-corrected chi connectivity index (χ1v) is 10.1. The van der Waals surface area contributed by atoms with Crippen molar-refractivity contribution in [1.82, 2.24) is 14.0 Å². The van der Waals surface area contributed by atoms with Gasteiger partial charge in [0.25, 0.3) is 0 Å². The quantitative estimate of drug-likeness (QED) is 0.505. The van der Waals surface area contributed by atoms with Crippen molar-refractivity contribution in [3.8, 4) is 11.8 Å². The second-order valence-electron chi connectivity index (χ2n) is 6.59. The number of thioether (sulfide) groups is 1. The molecule has 1 aromatic carbocycles. The van der Waals surface area contributed by atoms with Gasteiger partial charge >= 0.3 is 0 Å². The molecule has 144 valence electrons. The van der Waals surface area contributed by atoms with Gasteiger partial charge in [-0.25, -0.2) is 4.98 Å². The SMILES string of the molecule is Cc1c(C#N)c(NC(=O)CSc2ncc3ccccn23)n(-c2ccccc2)c1C. The van der Waals surface area contributed by atoms with Crippen LogP contribution in [-0.4, -0.2) is 25.6 Å². The number of hydrogen-bond donors (Lipinski definition) is 1. The number of hydrogen-bond acceptors (Lipinski definition) is 4. The molecule has 1 N–H and O–H groups in total. The van der Waals surface area contributed by atoms with Crippen LogP contribution in [0.1, 0.15) is 16.8 Å². The summed E-state index contributed by atoms with van der Waals surface area (Å²) in [6, 6.07) is 17.8. The maximum Gasteiger partial charge on any atom is 0.236 e. The van der Waals surface area contributed by atoms with Crippen LogP contribution in [-0.2, 0) is 4.79 Å². The molecule has 0 unspecified atom stereocenters. The molecule has 0 spiro atoms. The van der Waals surface area contributed by atoms with E-state index in [-0.39, 0.29) is 11.7 Å². The van der Waals surface area contributed by atoms with E-state index in [2.05, 4.69) is 16.4 Å². The summed E-state index contributed by atoms with van der Waals surface area (Å²) in [5, 5.41) is 13.4. The Bertz CT molecular complexity index is 1230. The zero-order valence-corrected chi connectivity index (χ0v) is 16.9. The molecule has 1 amide bonds. The molecule has 0 radical (unpaired) electrons. The third-order valence-electron chi connectivity index (χ3n) is 4.83. The molecule has 0 saturated carbocycles. The van der Waals surface area contributed by atoms with Crippen molar-refractivity contribution in [2.24, 2.45) is 0 Å². The lowest BCUT2D eigenvalue weighted by Crippen LogP contribution is -2.18. The summed E-state index contributed by atoms with van der Waals surface area (Å²) in [6.45, 7) is 3.85. The Morgan fingerprint density at radius 1 is 1.17 bits per heavy atom. The fourth-order valence-electron chi connectivity index (χ4n) is 3.29.